The van der Waals surface area contributed by atoms with Crippen molar-refractivity contribution in [2.75, 3.05) is 18.4 Å². The highest BCUT2D eigenvalue weighted by atomic mass is 16.2. The Morgan fingerprint density at radius 1 is 1.07 bits per heavy atom. The van der Waals surface area contributed by atoms with Crippen LogP contribution in [0.15, 0.2) is 48.5 Å². The minimum atomic E-state index is -0.618. The minimum absolute atomic E-state index is 0.0277. The molecule has 1 atom stereocenters. The minimum Gasteiger partial charge on any atom is -0.352 e. The Morgan fingerprint density at radius 2 is 1.76 bits per heavy atom. The highest BCUT2D eigenvalue weighted by Crippen LogP contribution is 2.19. The van der Waals surface area contributed by atoms with Gasteiger partial charge in [-0.25, -0.2) is 4.79 Å². The summed E-state index contributed by atoms with van der Waals surface area (Å²) in [5, 5.41) is 5.44. The van der Waals surface area contributed by atoms with Crippen molar-refractivity contribution in [1.82, 2.24) is 10.2 Å². The zero-order valence-electron chi connectivity index (χ0n) is 16.5. The van der Waals surface area contributed by atoms with Crippen LogP contribution in [0.1, 0.15) is 34.3 Å². The van der Waals surface area contributed by atoms with Crippen LogP contribution in [0.25, 0.3) is 0 Å². The normalized spacial score (nSPS) is 16.2. The fraction of sp³-hybridized carbons (Fsp3) is 0.318. The Kier molecular flexibility index (Phi) is 6.49. The number of anilines is 1. The first-order valence-electron chi connectivity index (χ1n) is 9.71. The lowest BCUT2D eigenvalue weighted by Crippen LogP contribution is -2.45. The van der Waals surface area contributed by atoms with Gasteiger partial charge in [0, 0.05) is 30.9 Å². The quantitative estimate of drug-likeness (QED) is 0.726. The van der Waals surface area contributed by atoms with E-state index in [1.54, 1.807) is 17.0 Å². The molecule has 0 aromatic heterocycles. The third-order valence-electron chi connectivity index (χ3n) is 5.07. The molecule has 2 aromatic carbocycles. The molecule has 1 fully saturated rings. The van der Waals surface area contributed by atoms with Gasteiger partial charge in [0.25, 0.3) is 5.91 Å². The number of piperidine rings is 1. The number of hydrogen-bond acceptors (Lipinski definition) is 3. The summed E-state index contributed by atoms with van der Waals surface area (Å²) < 4.78 is 0. The van der Waals surface area contributed by atoms with Crippen LogP contribution < -0.4 is 16.4 Å². The van der Waals surface area contributed by atoms with E-state index in [1.807, 2.05) is 43.3 Å². The molecular weight excluding hydrogens is 368 g/mol. The number of carbonyl (C=O) groups excluding carboxylic acids is 3. The van der Waals surface area contributed by atoms with Crippen molar-refractivity contribution in [1.29, 1.82) is 0 Å². The third-order valence-corrected chi connectivity index (χ3v) is 5.07. The number of nitrogens with one attached hydrogen (secondary N) is 2. The average Bonchev–Trinajstić information content (AvgIpc) is 2.73. The number of carbonyl (C=O) groups is 3. The van der Waals surface area contributed by atoms with E-state index in [0.29, 0.717) is 30.9 Å². The summed E-state index contributed by atoms with van der Waals surface area (Å²) in [6.45, 7) is 3.47. The molecule has 4 N–H and O–H groups in total. The molecule has 3 rings (SSSR count). The van der Waals surface area contributed by atoms with Crippen molar-refractivity contribution in [2.24, 2.45) is 11.7 Å². The maximum absolute atomic E-state index is 12.7. The van der Waals surface area contributed by atoms with Gasteiger partial charge in [-0.1, -0.05) is 29.8 Å². The van der Waals surface area contributed by atoms with Crippen LogP contribution in [0.5, 0.6) is 0 Å². The second kappa shape index (κ2) is 9.23. The summed E-state index contributed by atoms with van der Waals surface area (Å²) in [4.78, 5) is 37.9. The van der Waals surface area contributed by atoms with Crippen LogP contribution in [0, 0.1) is 12.8 Å². The largest absolute Gasteiger partial charge is 0.352 e. The van der Waals surface area contributed by atoms with Gasteiger partial charge < -0.3 is 21.3 Å². The van der Waals surface area contributed by atoms with Crippen molar-refractivity contribution in [2.45, 2.75) is 26.3 Å². The Morgan fingerprint density at radius 3 is 2.41 bits per heavy atom. The number of amides is 4. The van der Waals surface area contributed by atoms with Gasteiger partial charge in [-0.15, -0.1) is 0 Å². The van der Waals surface area contributed by atoms with Crippen LogP contribution in [-0.4, -0.2) is 35.8 Å². The Balaban J connectivity index is 1.53. The first-order chi connectivity index (χ1) is 13.9. The molecule has 1 heterocycles. The van der Waals surface area contributed by atoms with Crippen molar-refractivity contribution in [3.05, 3.63) is 65.2 Å². The van der Waals surface area contributed by atoms with Crippen LogP contribution in [0.3, 0.4) is 0 Å². The number of benzene rings is 2. The molecule has 0 saturated carbocycles. The first-order valence-corrected chi connectivity index (χ1v) is 9.71. The molecule has 4 amide bonds. The molecule has 1 saturated heterocycles. The Hall–Kier alpha value is -3.35. The lowest BCUT2D eigenvalue weighted by Gasteiger charge is -2.32. The number of primary amides is 1. The summed E-state index contributed by atoms with van der Waals surface area (Å²) >= 11 is 0. The number of aryl methyl sites for hydroxylation is 1. The second-order valence-electron chi connectivity index (χ2n) is 7.36. The number of hydrogen-bond donors (Lipinski definition) is 3. The van der Waals surface area contributed by atoms with E-state index in [1.165, 1.54) is 0 Å². The molecule has 7 nitrogen and oxygen atoms in total. The van der Waals surface area contributed by atoms with E-state index < -0.39 is 6.03 Å². The van der Waals surface area contributed by atoms with Gasteiger partial charge in [0.2, 0.25) is 5.91 Å². The second-order valence-corrected chi connectivity index (χ2v) is 7.36. The highest BCUT2D eigenvalue weighted by Gasteiger charge is 2.28. The topological polar surface area (TPSA) is 105 Å². The van der Waals surface area contributed by atoms with Crippen molar-refractivity contribution in [3.63, 3.8) is 0 Å². The van der Waals surface area contributed by atoms with E-state index in [-0.39, 0.29) is 17.7 Å². The molecule has 0 spiro atoms. The van der Waals surface area contributed by atoms with E-state index in [2.05, 4.69) is 10.6 Å². The molecule has 0 aliphatic carbocycles. The number of rotatable bonds is 5. The SMILES string of the molecule is Cc1ccc(C(=O)N2CCCC(C(=O)NCc3ccc(NC(N)=O)cc3)C2)cc1. The Labute approximate surface area is 170 Å². The maximum Gasteiger partial charge on any atom is 0.316 e. The van der Waals surface area contributed by atoms with Gasteiger partial charge in [0.05, 0.1) is 5.92 Å². The van der Waals surface area contributed by atoms with Gasteiger partial charge in [-0.3, -0.25) is 9.59 Å². The van der Waals surface area contributed by atoms with E-state index >= 15 is 0 Å². The van der Waals surface area contributed by atoms with Crippen LogP contribution in [0.4, 0.5) is 10.5 Å². The molecule has 29 heavy (non-hydrogen) atoms. The molecule has 1 aliphatic rings. The summed E-state index contributed by atoms with van der Waals surface area (Å²) in [6, 6.07) is 14.0. The summed E-state index contributed by atoms with van der Waals surface area (Å²) in [6.07, 6.45) is 1.58. The number of nitrogens with two attached hydrogens (primary N) is 1. The smallest absolute Gasteiger partial charge is 0.316 e. The fourth-order valence-corrected chi connectivity index (χ4v) is 3.44. The number of likely N-dealkylation sites (tertiary alicyclic amines) is 1. The monoisotopic (exact) mass is 394 g/mol. The van der Waals surface area contributed by atoms with Crippen molar-refractivity contribution >= 4 is 23.5 Å². The lowest BCUT2D eigenvalue weighted by atomic mass is 9.96. The predicted octanol–water partition coefficient (Wildman–Crippen LogP) is 2.65. The molecule has 1 unspecified atom stereocenters. The number of nitrogens with zero attached hydrogens (tertiary/aromatic N) is 1. The zero-order chi connectivity index (χ0) is 20.8. The molecule has 0 bridgehead atoms. The van der Waals surface area contributed by atoms with E-state index in [9.17, 15) is 14.4 Å². The van der Waals surface area contributed by atoms with Gasteiger partial charge in [0.1, 0.15) is 0 Å². The van der Waals surface area contributed by atoms with Gasteiger partial charge >= 0.3 is 6.03 Å². The molecule has 1 aliphatic heterocycles. The zero-order valence-corrected chi connectivity index (χ0v) is 16.5. The standard InChI is InChI=1S/C22H26N4O3/c1-15-4-8-17(9-5-15)21(28)26-12-2-3-18(14-26)20(27)24-13-16-6-10-19(11-7-16)25-22(23)29/h4-11,18H,2-3,12-14H2,1H3,(H,24,27)(H3,23,25,29). The highest BCUT2D eigenvalue weighted by molar-refractivity contribution is 5.94. The maximum atomic E-state index is 12.7. The molecule has 0 radical (unpaired) electrons. The van der Waals surface area contributed by atoms with Crippen molar-refractivity contribution < 1.29 is 14.4 Å². The summed E-state index contributed by atoms with van der Waals surface area (Å²) in [5.74, 6) is -0.292. The van der Waals surface area contributed by atoms with Gasteiger partial charge in [-0.05, 0) is 49.6 Å². The molecule has 2 aromatic rings. The predicted molar refractivity (Wildman–Crippen MR) is 111 cm³/mol. The lowest BCUT2D eigenvalue weighted by molar-refractivity contribution is -0.126. The summed E-state index contributed by atoms with van der Waals surface area (Å²) in [5.41, 5.74) is 8.36. The summed E-state index contributed by atoms with van der Waals surface area (Å²) in [7, 11) is 0. The van der Waals surface area contributed by atoms with E-state index in [4.69, 9.17) is 5.73 Å². The van der Waals surface area contributed by atoms with Crippen molar-refractivity contribution in [3.8, 4) is 0 Å². The number of urea groups is 1. The average molecular weight is 394 g/mol. The third kappa shape index (κ3) is 5.57. The van der Waals surface area contributed by atoms with Crippen LogP contribution >= 0.6 is 0 Å². The molecule has 152 valence electrons. The van der Waals surface area contributed by atoms with Crippen LogP contribution in [-0.2, 0) is 11.3 Å². The van der Waals surface area contributed by atoms with Gasteiger partial charge in [0.15, 0.2) is 0 Å². The van der Waals surface area contributed by atoms with E-state index in [0.717, 1.165) is 24.0 Å². The first kappa shape index (κ1) is 20.4. The Bertz CT molecular complexity index is 878. The van der Waals surface area contributed by atoms with Crippen LogP contribution in [0.2, 0.25) is 0 Å². The molecular formula is C22H26N4O3. The fourth-order valence-electron chi connectivity index (χ4n) is 3.44. The molecule has 7 heteroatoms. The van der Waals surface area contributed by atoms with Gasteiger partial charge in [-0.2, -0.15) is 0 Å².